The molecule has 0 amide bonds. The quantitative estimate of drug-likeness (QED) is 0.408. The average Bonchev–Trinajstić information content (AvgIpc) is 2.03. The van der Waals surface area contributed by atoms with E-state index in [-0.39, 0.29) is 0 Å². The first-order chi connectivity index (χ1) is 5.74. The maximum atomic E-state index is 5.60. The van der Waals surface area contributed by atoms with Gasteiger partial charge in [-0.1, -0.05) is 27.8 Å². The van der Waals surface area contributed by atoms with Crippen LogP contribution in [0.4, 0.5) is 5.69 Å². The Morgan fingerprint density at radius 1 is 1.50 bits per heavy atom. The highest BCUT2D eigenvalue weighted by molar-refractivity contribution is 9.09. The second-order valence-electron chi connectivity index (χ2n) is 2.51. The zero-order valence-electron chi connectivity index (χ0n) is 6.89. The van der Waals surface area contributed by atoms with Gasteiger partial charge in [0.05, 0.1) is 5.33 Å². The first kappa shape index (κ1) is 9.15. The normalized spacial score (nSPS) is 8.83. The largest absolute Gasteiger partial charge is 0.399 e. The summed E-state index contributed by atoms with van der Waals surface area (Å²) in [7, 11) is 0. The number of aryl methyl sites for hydroxylation is 1. The van der Waals surface area contributed by atoms with Crippen LogP contribution in [0.25, 0.3) is 0 Å². The molecule has 0 atom stereocenters. The fraction of sp³-hybridized carbons (Fsp3) is 0.200. The lowest BCUT2D eigenvalue weighted by molar-refractivity contribution is 1.44. The van der Waals surface area contributed by atoms with Crippen molar-refractivity contribution in [2.24, 2.45) is 0 Å². The van der Waals surface area contributed by atoms with Gasteiger partial charge in [0, 0.05) is 11.3 Å². The maximum absolute atomic E-state index is 5.60. The molecule has 0 fully saturated rings. The molecule has 0 unspecified atom stereocenters. The highest BCUT2D eigenvalue weighted by Gasteiger charge is 1.93. The predicted molar refractivity (Wildman–Crippen MR) is 56.3 cm³/mol. The number of nitrogen functional groups attached to an aromatic ring is 1. The number of halogens is 1. The van der Waals surface area contributed by atoms with Crippen LogP contribution in [0.3, 0.4) is 0 Å². The fourth-order valence-corrected chi connectivity index (χ4v) is 1.10. The van der Waals surface area contributed by atoms with Crippen LogP contribution in [0.5, 0.6) is 0 Å². The Kier molecular flexibility index (Phi) is 3.19. The number of alkyl halides is 1. The van der Waals surface area contributed by atoms with Crippen LogP contribution in [0.2, 0.25) is 0 Å². The number of hydrogen-bond donors (Lipinski definition) is 1. The lowest BCUT2D eigenvalue weighted by Crippen LogP contribution is -1.88. The summed E-state index contributed by atoms with van der Waals surface area (Å²) in [6.07, 6.45) is 0. The molecule has 0 aliphatic rings. The van der Waals surface area contributed by atoms with Crippen LogP contribution in [0.15, 0.2) is 18.2 Å². The number of nitrogens with two attached hydrogens (primary N) is 1. The van der Waals surface area contributed by atoms with Crippen LogP contribution < -0.4 is 5.73 Å². The van der Waals surface area contributed by atoms with E-state index in [1.54, 1.807) is 0 Å². The van der Waals surface area contributed by atoms with Gasteiger partial charge in [-0.3, -0.25) is 0 Å². The van der Waals surface area contributed by atoms with E-state index in [1.807, 2.05) is 25.1 Å². The molecule has 0 saturated heterocycles. The molecule has 62 valence electrons. The van der Waals surface area contributed by atoms with Gasteiger partial charge in [0.1, 0.15) is 0 Å². The molecule has 1 rings (SSSR count). The van der Waals surface area contributed by atoms with Crippen LogP contribution in [-0.2, 0) is 0 Å². The fourth-order valence-electron chi connectivity index (χ4n) is 0.956. The molecule has 0 aromatic heterocycles. The van der Waals surface area contributed by atoms with Gasteiger partial charge in [0.2, 0.25) is 0 Å². The van der Waals surface area contributed by atoms with Gasteiger partial charge in [0.15, 0.2) is 0 Å². The van der Waals surface area contributed by atoms with E-state index >= 15 is 0 Å². The summed E-state index contributed by atoms with van der Waals surface area (Å²) < 4.78 is 0. The SMILES string of the molecule is Cc1cc(N)ccc1C#CCBr. The first-order valence-corrected chi connectivity index (χ1v) is 4.77. The highest BCUT2D eigenvalue weighted by Crippen LogP contribution is 2.10. The van der Waals surface area contributed by atoms with Crippen LogP contribution in [0, 0.1) is 18.8 Å². The summed E-state index contributed by atoms with van der Waals surface area (Å²) in [6.45, 7) is 2.01. The minimum Gasteiger partial charge on any atom is -0.399 e. The maximum Gasteiger partial charge on any atom is 0.0649 e. The molecule has 2 N–H and O–H groups in total. The molecule has 1 nitrogen and oxygen atoms in total. The van der Waals surface area contributed by atoms with Crippen molar-refractivity contribution in [3.8, 4) is 11.8 Å². The third kappa shape index (κ3) is 2.28. The molecule has 2 heteroatoms. The minimum absolute atomic E-state index is 0.705. The van der Waals surface area contributed by atoms with E-state index in [0.29, 0.717) is 5.33 Å². The zero-order chi connectivity index (χ0) is 8.97. The van der Waals surface area contributed by atoms with Gasteiger partial charge >= 0.3 is 0 Å². The van der Waals surface area contributed by atoms with Crippen LogP contribution in [-0.4, -0.2) is 5.33 Å². The van der Waals surface area contributed by atoms with Crippen molar-refractivity contribution >= 4 is 21.6 Å². The van der Waals surface area contributed by atoms with E-state index in [4.69, 9.17) is 5.73 Å². The Morgan fingerprint density at radius 3 is 2.83 bits per heavy atom. The summed E-state index contributed by atoms with van der Waals surface area (Å²) in [6, 6.07) is 5.74. The van der Waals surface area contributed by atoms with Crippen molar-refractivity contribution in [2.75, 3.05) is 11.1 Å². The zero-order valence-corrected chi connectivity index (χ0v) is 8.48. The van der Waals surface area contributed by atoms with Crippen molar-refractivity contribution in [2.45, 2.75) is 6.92 Å². The van der Waals surface area contributed by atoms with Crippen molar-refractivity contribution in [3.05, 3.63) is 29.3 Å². The van der Waals surface area contributed by atoms with Gasteiger partial charge in [0.25, 0.3) is 0 Å². The lowest BCUT2D eigenvalue weighted by Gasteiger charge is -1.98. The molecule has 1 aromatic rings. The molecule has 0 saturated carbocycles. The number of anilines is 1. The topological polar surface area (TPSA) is 26.0 Å². The monoisotopic (exact) mass is 223 g/mol. The molecule has 1 aromatic carbocycles. The Hall–Kier alpha value is -0.940. The van der Waals surface area contributed by atoms with Crippen LogP contribution >= 0.6 is 15.9 Å². The van der Waals surface area contributed by atoms with Crippen molar-refractivity contribution < 1.29 is 0 Å². The Labute approximate surface area is 81.1 Å². The Balaban J connectivity index is 3.01. The third-order valence-electron chi connectivity index (χ3n) is 1.54. The summed E-state index contributed by atoms with van der Waals surface area (Å²) in [5.74, 6) is 5.99. The predicted octanol–water partition coefficient (Wildman–Crippen LogP) is 2.32. The van der Waals surface area contributed by atoms with Gasteiger partial charge in [-0.05, 0) is 30.7 Å². The van der Waals surface area contributed by atoms with E-state index in [2.05, 4.69) is 27.8 Å². The molecule has 0 radical (unpaired) electrons. The smallest absolute Gasteiger partial charge is 0.0649 e. The first-order valence-electron chi connectivity index (χ1n) is 3.65. The van der Waals surface area contributed by atoms with E-state index in [1.165, 1.54) is 0 Å². The summed E-state index contributed by atoms with van der Waals surface area (Å²) in [5.41, 5.74) is 8.56. The molecule has 0 heterocycles. The Bertz CT molecular complexity index is 333. The van der Waals surface area contributed by atoms with Crippen molar-refractivity contribution in [1.82, 2.24) is 0 Å². The summed E-state index contributed by atoms with van der Waals surface area (Å²) >= 11 is 3.25. The van der Waals surface area contributed by atoms with E-state index in [9.17, 15) is 0 Å². The molecule has 0 aliphatic heterocycles. The molecule has 0 bridgehead atoms. The van der Waals surface area contributed by atoms with Gasteiger partial charge < -0.3 is 5.73 Å². The third-order valence-corrected chi connectivity index (χ3v) is 1.82. The lowest BCUT2D eigenvalue weighted by atomic mass is 10.1. The van der Waals surface area contributed by atoms with Crippen LogP contribution in [0.1, 0.15) is 11.1 Å². The number of benzene rings is 1. The highest BCUT2D eigenvalue weighted by atomic mass is 79.9. The Morgan fingerprint density at radius 2 is 2.25 bits per heavy atom. The van der Waals surface area contributed by atoms with E-state index < -0.39 is 0 Å². The molecular weight excluding hydrogens is 214 g/mol. The van der Waals surface area contributed by atoms with Crippen molar-refractivity contribution in [1.29, 1.82) is 0 Å². The van der Waals surface area contributed by atoms with E-state index in [0.717, 1.165) is 16.8 Å². The minimum atomic E-state index is 0.705. The molecule has 0 aliphatic carbocycles. The summed E-state index contributed by atoms with van der Waals surface area (Å²) in [4.78, 5) is 0. The number of rotatable bonds is 0. The summed E-state index contributed by atoms with van der Waals surface area (Å²) in [5, 5.41) is 0.705. The van der Waals surface area contributed by atoms with Gasteiger partial charge in [-0.25, -0.2) is 0 Å². The average molecular weight is 224 g/mol. The molecule has 12 heavy (non-hydrogen) atoms. The van der Waals surface area contributed by atoms with Gasteiger partial charge in [-0.2, -0.15) is 0 Å². The number of hydrogen-bond acceptors (Lipinski definition) is 1. The molecule has 0 spiro atoms. The standard InChI is InChI=1S/C10H10BrN/c1-8-7-10(12)5-4-9(8)3-2-6-11/h4-5,7H,6,12H2,1H3. The second-order valence-corrected chi connectivity index (χ2v) is 3.07. The van der Waals surface area contributed by atoms with Crippen molar-refractivity contribution in [3.63, 3.8) is 0 Å². The second kappa shape index (κ2) is 4.18. The van der Waals surface area contributed by atoms with Gasteiger partial charge in [-0.15, -0.1) is 0 Å². The molecular formula is C10H10BrN.